The summed E-state index contributed by atoms with van der Waals surface area (Å²) in [5, 5.41) is 13.9. The third-order valence-corrected chi connectivity index (χ3v) is 9.04. The minimum atomic E-state index is 0.0135. The summed E-state index contributed by atoms with van der Waals surface area (Å²) in [5.41, 5.74) is 10.8. The number of nitrogens with zero attached hydrogens (tertiary/aromatic N) is 3. The summed E-state index contributed by atoms with van der Waals surface area (Å²) in [6.07, 6.45) is 3.81. The number of amides is 1. The number of anilines is 2. The van der Waals surface area contributed by atoms with Gasteiger partial charge in [-0.1, -0.05) is 6.92 Å². The minimum Gasteiger partial charge on any atom is -0.495 e. The van der Waals surface area contributed by atoms with Crippen LogP contribution in [0.2, 0.25) is 0 Å². The zero-order chi connectivity index (χ0) is 27.7. The number of nitrogens with one attached hydrogen (secondary N) is 2. The van der Waals surface area contributed by atoms with E-state index in [1.54, 1.807) is 7.11 Å². The van der Waals surface area contributed by atoms with Gasteiger partial charge in [0.25, 0.3) is 5.91 Å². The van der Waals surface area contributed by atoms with Crippen LogP contribution in [0.5, 0.6) is 5.75 Å². The standard InChI is InChI=1S/C32H33N5O2S/c1-6-40-19-8-12-27(39-5)25(14-19)34-18-7-11-26-21(13-18)29-22-15-33-32(38)30(22)28-20(31(29)37(26)17(2)3)9-10-24-23(28)16-36(4)35-24/h7-8,11-14,16-17,34H,6,9-10,15H2,1-5H3,(H,33,38). The summed E-state index contributed by atoms with van der Waals surface area (Å²) in [4.78, 5) is 14.6. The van der Waals surface area contributed by atoms with Gasteiger partial charge in [0.1, 0.15) is 5.75 Å². The second-order valence-corrected chi connectivity index (χ2v) is 12.2. The average Bonchev–Trinajstić information content (AvgIpc) is 3.61. The van der Waals surface area contributed by atoms with E-state index in [9.17, 15) is 4.79 Å². The number of hydrogen-bond donors (Lipinski definition) is 2. The molecular weight excluding hydrogens is 518 g/mol. The first-order valence-corrected chi connectivity index (χ1v) is 14.9. The number of thioether (sulfide) groups is 1. The second kappa shape index (κ2) is 9.34. The van der Waals surface area contributed by atoms with Crippen LogP contribution in [0.4, 0.5) is 11.4 Å². The molecule has 7 rings (SSSR count). The largest absolute Gasteiger partial charge is 0.495 e. The van der Waals surface area contributed by atoms with Gasteiger partial charge in [-0.3, -0.25) is 9.48 Å². The molecule has 3 aromatic carbocycles. The van der Waals surface area contributed by atoms with Gasteiger partial charge in [-0.25, -0.2) is 0 Å². The second-order valence-electron chi connectivity index (χ2n) is 10.9. The summed E-state index contributed by atoms with van der Waals surface area (Å²) >= 11 is 1.81. The molecule has 8 heteroatoms. The summed E-state index contributed by atoms with van der Waals surface area (Å²) in [6, 6.07) is 13.1. The van der Waals surface area contributed by atoms with E-state index in [1.165, 1.54) is 32.3 Å². The molecule has 40 heavy (non-hydrogen) atoms. The van der Waals surface area contributed by atoms with Gasteiger partial charge in [0.05, 0.1) is 29.6 Å². The highest BCUT2D eigenvalue weighted by atomic mass is 32.2. The number of hydrogen-bond acceptors (Lipinski definition) is 5. The molecule has 1 aliphatic carbocycles. The molecule has 0 atom stereocenters. The fourth-order valence-electron chi connectivity index (χ4n) is 6.67. The molecule has 5 aromatic rings. The van der Waals surface area contributed by atoms with Crippen LogP contribution in [-0.2, 0) is 26.4 Å². The van der Waals surface area contributed by atoms with Gasteiger partial charge in [0.2, 0.25) is 0 Å². The van der Waals surface area contributed by atoms with Crippen LogP contribution in [0, 0.1) is 0 Å². The molecule has 3 heterocycles. The van der Waals surface area contributed by atoms with Gasteiger partial charge in [0, 0.05) is 63.8 Å². The van der Waals surface area contributed by atoms with E-state index < -0.39 is 0 Å². The average molecular weight is 552 g/mol. The molecule has 0 bridgehead atoms. The minimum absolute atomic E-state index is 0.0135. The first-order chi connectivity index (χ1) is 19.4. The fraction of sp³-hybridized carbons (Fsp3) is 0.312. The zero-order valence-electron chi connectivity index (χ0n) is 23.5. The van der Waals surface area contributed by atoms with Crippen molar-refractivity contribution in [2.45, 2.75) is 51.1 Å². The zero-order valence-corrected chi connectivity index (χ0v) is 24.3. The Labute approximate surface area is 237 Å². The lowest BCUT2D eigenvalue weighted by molar-refractivity contribution is 0.0966. The quantitative estimate of drug-likeness (QED) is 0.223. The Morgan fingerprint density at radius 3 is 2.75 bits per heavy atom. The lowest BCUT2D eigenvalue weighted by Crippen LogP contribution is -2.15. The van der Waals surface area contributed by atoms with Gasteiger partial charge in [-0.05, 0) is 80.0 Å². The van der Waals surface area contributed by atoms with Crippen molar-refractivity contribution >= 4 is 50.8 Å². The molecule has 0 unspecified atom stereocenters. The van der Waals surface area contributed by atoms with Gasteiger partial charge in [-0.15, -0.1) is 11.8 Å². The number of ether oxygens (including phenoxy) is 1. The number of benzene rings is 3. The van der Waals surface area contributed by atoms with Crippen LogP contribution in [0.3, 0.4) is 0 Å². The number of aryl methyl sites for hydroxylation is 3. The highest BCUT2D eigenvalue weighted by molar-refractivity contribution is 7.99. The first-order valence-electron chi connectivity index (χ1n) is 13.9. The normalized spacial score (nSPS) is 14.0. The fourth-order valence-corrected chi connectivity index (χ4v) is 7.37. The number of carbonyl (C=O) groups excluding carboxylic acids is 1. The Kier molecular flexibility index (Phi) is 5.85. The van der Waals surface area contributed by atoms with Crippen molar-refractivity contribution < 1.29 is 9.53 Å². The van der Waals surface area contributed by atoms with Crippen LogP contribution in [-0.4, -0.2) is 33.1 Å². The number of methoxy groups -OCH3 is 1. The molecule has 204 valence electrons. The number of rotatable bonds is 6. The van der Waals surface area contributed by atoms with Crippen molar-refractivity contribution in [3.8, 4) is 16.9 Å². The van der Waals surface area contributed by atoms with Gasteiger partial charge < -0.3 is 19.9 Å². The molecule has 0 saturated heterocycles. The Morgan fingerprint density at radius 2 is 1.98 bits per heavy atom. The Morgan fingerprint density at radius 1 is 1.12 bits per heavy atom. The predicted octanol–water partition coefficient (Wildman–Crippen LogP) is 6.98. The highest BCUT2D eigenvalue weighted by Crippen LogP contribution is 2.48. The van der Waals surface area contributed by atoms with Crippen LogP contribution in [0.1, 0.15) is 54.0 Å². The van der Waals surface area contributed by atoms with Gasteiger partial charge in [-0.2, -0.15) is 5.10 Å². The van der Waals surface area contributed by atoms with E-state index in [-0.39, 0.29) is 11.9 Å². The molecular formula is C32H33N5O2S. The van der Waals surface area contributed by atoms with Crippen molar-refractivity contribution in [1.29, 1.82) is 0 Å². The monoisotopic (exact) mass is 551 g/mol. The third kappa shape index (κ3) is 3.65. The van der Waals surface area contributed by atoms with Crippen LogP contribution >= 0.6 is 11.8 Å². The Bertz CT molecular complexity index is 1850. The molecule has 2 aromatic heterocycles. The smallest absolute Gasteiger partial charge is 0.252 e. The summed E-state index contributed by atoms with van der Waals surface area (Å²) in [6.45, 7) is 7.18. The Balaban J connectivity index is 1.50. The van der Waals surface area contributed by atoms with Crippen molar-refractivity contribution in [1.82, 2.24) is 19.7 Å². The van der Waals surface area contributed by atoms with Crippen molar-refractivity contribution in [2.24, 2.45) is 7.05 Å². The van der Waals surface area contributed by atoms with E-state index in [1.807, 2.05) is 29.6 Å². The molecule has 0 radical (unpaired) electrons. The van der Waals surface area contributed by atoms with Crippen LogP contribution < -0.4 is 15.4 Å². The predicted molar refractivity (Wildman–Crippen MR) is 163 cm³/mol. The van der Waals surface area contributed by atoms with Crippen LogP contribution in [0.15, 0.2) is 47.5 Å². The molecule has 1 aliphatic heterocycles. The molecule has 1 amide bonds. The highest BCUT2D eigenvalue weighted by Gasteiger charge is 2.35. The molecule has 0 fully saturated rings. The third-order valence-electron chi connectivity index (χ3n) is 8.16. The molecule has 7 nitrogen and oxygen atoms in total. The Hall–Kier alpha value is -3.91. The van der Waals surface area contributed by atoms with Gasteiger partial charge >= 0.3 is 0 Å². The summed E-state index contributed by atoms with van der Waals surface area (Å²) in [7, 11) is 3.67. The number of carbonyl (C=O) groups is 1. The topological polar surface area (TPSA) is 73.1 Å². The maximum absolute atomic E-state index is 13.4. The van der Waals surface area contributed by atoms with Crippen LogP contribution in [0.25, 0.3) is 32.9 Å². The maximum atomic E-state index is 13.4. The van der Waals surface area contributed by atoms with E-state index in [2.05, 4.69) is 72.5 Å². The van der Waals surface area contributed by atoms with E-state index >= 15 is 0 Å². The lowest BCUT2D eigenvalue weighted by atomic mass is 9.82. The van der Waals surface area contributed by atoms with Crippen molar-refractivity contribution in [3.63, 3.8) is 0 Å². The molecule has 0 spiro atoms. The summed E-state index contributed by atoms with van der Waals surface area (Å²) < 4.78 is 10.0. The van der Waals surface area contributed by atoms with E-state index in [0.717, 1.165) is 63.7 Å². The number of fused-ring (bicyclic) bond motifs is 10. The maximum Gasteiger partial charge on any atom is 0.252 e. The van der Waals surface area contributed by atoms with E-state index in [4.69, 9.17) is 9.84 Å². The van der Waals surface area contributed by atoms with E-state index in [0.29, 0.717) is 6.54 Å². The first kappa shape index (κ1) is 25.1. The van der Waals surface area contributed by atoms with Crippen molar-refractivity contribution in [3.05, 3.63) is 65.0 Å². The molecule has 0 saturated carbocycles. The molecule has 2 aliphatic rings. The SMILES string of the molecule is CCSc1ccc(OC)c(Nc2ccc3c(c2)c2c4c(c5c(c2n3C(C)C)CCc2nn(C)cc2-5)C(=O)NC4)c1. The summed E-state index contributed by atoms with van der Waals surface area (Å²) in [5.74, 6) is 1.83. The molecule has 2 N–H and O–H groups in total. The van der Waals surface area contributed by atoms with Crippen molar-refractivity contribution in [2.75, 3.05) is 18.2 Å². The number of aromatic nitrogens is 3. The van der Waals surface area contributed by atoms with Gasteiger partial charge in [0.15, 0.2) is 0 Å². The lowest BCUT2D eigenvalue weighted by Gasteiger charge is -2.22.